The van der Waals surface area contributed by atoms with Crippen LogP contribution in [0.1, 0.15) is 15.9 Å². The van der Waals surface area contributed by atoms with Crippen molar-refractivity contribution in [3.05, 3.63) is 96.1 Å². The minimum absolute atomic E-state index is 0.0710. The molecule has 0 saturated heterocycles. The molecule has 8 heteroatoms. The molecule has 4 N–H and O–H groups in total. The van der Waals surface area contributed by atoms with E-state index in [2.05, 4.69) is 10.0 Å². The fraction of sp³-hybridized carbons (Fsp3) is 0.0909. The van der Waals surface area contributed by atoms with E-state index < -0.39 is 27.9 Å². The van der Waals surface area contributed by atoms with Crippen LogP contribution in [0.2, 0.25) is 0 Å². The second-order valence-electron chi connectivity index (χ2n) is 6.61. The predicted octanol–water partition coefficient (Wildman–Crippen LogP) is 2.31. The number of nitrogens with two attached hydrogens (primary N) is 1. The van der Waals surface area contributed by atoms with Gasteiger partial charge < -0.3 is 11.1 Å². The maximum atomic E-state index is 12.9. The van der Waals surface area contributed by atoms with Crippen molar-refractivity contribution >= 4 is 27.5 Å². The van der Waals surface area contributed by atoms with Gasteiger partial charge in [-0.25, -0.2) is 8.42 Å². The highest BCUT2D eigenvalue weighted by molar-refractivity contribution is 7.89. The van der Waals surface area contributed by atoms with E-state index in [0.29, 0.717) is 11.3 Å². The van der Waals surface area contributed by atoms with E-state index >= 15 is 0 Å². The van der Waals surface area contributed by atoms with E-state index in [0.717, 1.165) is 5.56 Å². The highest BCUT2D eigenvalue weighted by Crippen LogP contribution is 2.14. The Bertz CT molecular complexity index is 1120. The molecule has 0 aromatic heterocycles. The molecule has 0 heterocycles. The summed E-state index contributed by atoms with van der Waals surface area (Å²) in [6, 6.07) is 22.0. The van der Waals surface area contributed by atoms with Crippen molar-refractivity contribution in [2.45, 2.75) is 17.4 Å². The summed E-state index contributed by atoms with van der Waals surface area (Å²) in [7, 11) is -3.91. The van der Waals surface area contributed by atoms with Crippen molar-refractivity contribution in [2.75, 3.05) is 5.32 Å². The molecule has 0 fully saturated rings. The van der Waals surface area contributed by atoms with Crippen molar-refractivity contribution in [3.63, 3.8) is 0 Å². The number of hydrogen-bond donors (Lipinski definition) is 3. The average Bonchev–Trinajstić information content (AvgIpc) is 2.75. The number of rotatable bonds is 8. The van der Waals surface area contributed by atoms with Gasteiger partial charge in [-0.05, 0) is 48.4 Å². The smallest absolute Gasteiger partial charge is 0.248 e. The van der Waals surface area contributed by atoms with E-state index in [9.17, 15) is 18.0 Å². The summed E-state index contributed by atoms with van der Waals surface area (Å²) in [4.78, 5) is 24.2. The molecule has 0 radical (unpaired) electrons. The lowest BCUT2D eigenvalue weighted by Gasteiger charge is -2.19. The van der Waals surface area contributed by atoms with Gasteiger partial charge in [-0.15, -0.1) is 0 Å². The number of anilines is 1. The Morgan fingerprint density at radius 3 is 1.97 bits per heavy atom. The van der Waals surface area contributed by atoms with Crippen LogP contribution in [-0.4, -0.2) is 26.3 Å². The van der Waals surface area contributed by atoms with E-state index in [1.165, 1.54) is 36.4 Å². The minimum atomic E-state index is -3.91. The van der Waals surface area contributed by atoms with Crippen LogP contribution in [-0.2, 0) is 21.2 Å². The monoisotopic (exact) mass is 423 g/mol. The van der Waals surface area contributed by atoms with Crippen LogP contribution in [0, 0.1) is 0 Å². The van der Waals surface area contributed by atoms with E-state index in [4.69, 9.17) is 5.73 Å². The maximum Gasteiger partial charge on any atom is 0.248 e. The largest absolute Gasteiger partial charge is 0.366 e. The lowest BCUT2D eigenvalue weighted by atomic mass is 10.1. The Labute approximate surface area is 175 Å². The molecule has 3 aromatic carbocycles. The molecule has 7 nitrogen and oxygen atoms in total. The van der Waals surface area contributed by atoms with Crippen LogP contribution < -0.4 is 15.8 Å². The summed E-state index contributed by atoms with van der Waals surface area (Å²) in [5, 5.41) is 2.68. The molecule has 3 rings (SSSR count). The summed E-state index contributed by atoms with van der Waals surface area (Å²) in [6.45, 7) is 0. The summed E-state index contributed by atoms with van der Waals surface area (Å²) < 4.78 is 28.0. The third-order valence-electron chi connectivity index (χ3n) is 4.39. The molecule has 0 saturated carbocycles. The van der Waals surface area contributed by atoms with Crippen molar-refractivity contribution in [1.29, 1.82) is 0 Å². The van der Waals surface area contributed by atoms with Gasteiger partial charge in [0.05, 0.1) is 4.90 Å². The predicted molar refractivity (Wildman–Crippen MR) is 114 cm³/mol. The molecule has 0 spiro atoms. The molecule has 0 bridgehead atoms. The van der Waals surface area contributed by atoms with Crippen LogP contribution in [0.3, 0.4) is 0 Å². The molecule has 0 unspecified atom stereocenters. The van der Waals surface area contributed by atoms with Crippen molar-refractivity contribution in [2.24, 2.45) is 5.73 Å². The number of nitrogens with one attached hydrogen (secondary N) is 2. The second-order valence-corrected chi connectivity index (χ2v) is 8.32. The zero-order chi connectivity index (χ0) is 21.6. The summed E-state index contributed by atoms with van der Waals surface area (Å²) in [6.07, 6.45) is 0.165. The standard InChI is InChI=1S/C22H21N3O4S/c23-21(26)17-11-13-18(14-12-17)24-22(27)20(15-16-7-3-1-4-8-16)25-30(28,29)19-9-5-2-6-10-19/h1-14,20,25H,15H2,(H2,23,26)(H,24,27)/t20-/m1/s1. The zero-order valence-electron chi connectivity index (χ0n) is 16.0. The quantitative estimate of drug-likeness (QED) is 0.515. The number of primary amides is 1. The first-order valence-electron chi connectivity index (χ1n) is 9.17. The molecule has 154 valence electrons. The van der Waals surface area contributed by atoms with Gasteiger partial charge in [-0.3, -0.25) is 9.59 Å². The van der Waals surface area contributed by atoms with Crippen LogP contribution in [0.5, 0.6) is 0 Å². The Morgan fingerprint density at radius 2 is 1.40 bits per heavy atom. The topological polar surface area (TPSA) is 118 Å². The third kappa shape index (κ3) is 5.53. The first-order chi connectivity index (χ1) is 14.3. The van der Waals surface area contributed by atoms with E-state index in [-0.39, 0.29) is 11.3 Å². The molecule has 30 heavy (non-hydrogen) atoms. The van der Waals surface area contributed by atoms with Gasteiger partial charge in [0.1, 0.15) is 6.04 Å². The van der Waals surface area contributed by atoms with Crippen LogP contribution in [0.15, 0.2) is 89.8 Å². The lowest BCUT2D eigenvalue weighted by Crippen LogP contribution is -2.45. The number of carbonyl (C=O) groups excluding carboxylic acids is 2. The number of sulfonamides is 1. The number of carbonyl (C=O) groups is 2. The Balaban J connectivity index is 1.83. The fourth-order valence-electron chi connectivity index (χ4n) is 2.84. The molecule has 2 amide bonds. The molecular formula is C22H21N3O4S. The average molecular weight is 423 g/mol. The van der Waals surface area contributed by atoms with Gasteiger partial charge in [0.25, 0.3) is 0 Å². The highest BCUT2D eigenvalue weighted by atomic mass is 32.2. The molecular weight excluding hydrogens is 402 g/mol. The Kier molecular flexibility index (Phi) is 6.61. The van der Waals surface area contributed by atoms with Crippen LogP contribution >= 0.6 is 0 Å². The molecule has 0 aliphatic heterocycles. The van der Waals surface area contributed by atoms with Gasteiger partial charge in [-0.2, -0.15) is 4.72 Å². The second kappa shape index (κ2) is 9.34. The van der Waals surface area contributed by atoms with Crippen LogP contribution in [0.25, 0.3) is 0 Å². The molecule has 1 atom stereocenters. The Morgan fingerprint density at radius 1 is 0.833 bits per heavy atom. The minimum Gasteiger partial charge on any atom is -0.366 e. The van der Waals surface area contributed by atoms with Crippen molar-refractivity contribution in [1.82, 2.24) is 4.72 Å². The van der Waals surface area contributed by atoms with Gasteiger partial charge in [0, 0.05) is 11.3 Å². The molecule has 3 aromatic rings. The maximum absolute atomic E-state index is 12.9. The molecule has 0 aliphatic rings. The number of hydrogen-bond acceptors (Lipinski definition) is 4. The SMILES string of the molecule is NC(=O)c1ccc(NC(=O)[C@@H](Cc2ccccc2)NS(=O)(=O)c2ccccc2)cc1. The van der Waals surface area contributed by atoms with Crippen molar-refractivity contribution < 1.29 is 18.0 Å². The summed E-state index contributed by atoms with van der Waals surface area (Å²) in [5.74, 6) is -1.10. The van der Waals surface area contributed by atoms with Gasteiger partial charge in [0.15, 0.2) is 0 Å². The van der Waals surface area contributed by atoms with Crippen molar-refractivity contribution in [3.8, 4) is 0 Å². The first kappa shape index (κ1) is 21.2. The fourth-order valence-corrected chi connectivity index (χ4v) is 4.06. The zero-order valence-corrected chi connectivity index (χ0v) is 16.8. The van der Waals surface area contributed by atoms with Gasteiger partial charge in [0.2, 0.25) is 21.8 Å². The number of benzene rings is 3. The lowest BCUT2D eigenvalue weighted by molar-refractivity contribution is -0.117. The van der Waals surface area contributed by atoms with E-state index in [1.54, 1.807) is 18.2 Å². The van der Waals surface area contributed by atoms with E-state index in [1.807, 2.05) is 30.3 Å². The van der Waals surface area contributed by atoms with Gasteiger partial charge >= 0.3 is 0 Å². The Hall–Kier alpha value is -3.49. The van der Waals surface area contributed by atoms with Gasteiger partial charge in [-0.1, -0.05) is 48.5 Å². The summed E-state index contributed by atoms with van der Waals surface area (Å²) >= 11 is 0. The normalized spacial score (nSPS) is 12.1. The van der Waals surface area contributed by atoms with Crippen LogP contribution in [0.4, 0.5) is 5.69 Å². The third-order valence-corrected chi connectivity index (χ3v) is 5.87. The summed E-state index contributed by atoms with van der Waals surface area (Å²) in [5.41, 5.74) is 6.75. The first-order valence-corrected chi connectivity index (χ1v) is 10.7. The number of amides is 2. The molecule has 0 aliphatic carbocycles. The highest BCUT2D eigenvalue weighted by Gasteiger charge is 2.26.